The van der Waals surface area contributed by atoms with Crippen molar-refractivity contribution < 1.29 is 45.4 Å². The lowest BCUT2D eigenvalue weighted by Crippen LogP contribution is -2.17. The number of fused-ring (bicyclic) bond motifs is 2. The molecule has 7 rings (SSSR count). The maximum Gasteiger partial charge on any atom is 0.294 e. The maximum absolute atomic E-state index is 14.4. The van der Waals surface area contributed by atoms with Crippen molar-refractivity contribution in [2.24, 2.45) is 0 Å². The zero-order chi connectivity index (χ0) is 38.7. The van der Waals surface area contributed by atoms with Crippen molar-refractivity contribution in [2.45, 2.75) is 42.4 Å². The number of hydrogen-bond acceptors (Lipinski definition) is 10. The summed E-state index contributed by atoms with van der Waals surface area (Å²) < 4.78 is 73.0. The van der Waals surface area contributed by atoms with Crippen LogP contribution in [0.2, 0.25) is 0 Å². The van der Waals surface area contributed by atoms with E-state index in [9.17, 15) is 40.6 Å². The van der Waals surface area contributed by atoms with Gasteiger partial charge in [0.25, 0.3) is 20.2 Å². The van der Waals surface area contributed by atoms with Crippen molar-refractivity contribution >= 4 is 54.1 Å². The van der Waals surface area contributed by atoms with Crippen LogP contribution in [0, 0.1) is 0 Å². The zero-order valence-corrected chi connectivity index (χ0v) is 30.6. The van der Waals surface area contributed by atoms with Crippen molar-refractivity contribution in [3.63, 3.8) is 0 Å². The molecule has 0 fully saturated rings. The first kappa shape index (κ1) is 36.4. The van der Waals surface area contributed by atoms with Crippen molar-refractivity contribution in [1.29, 1.82) is 0 Å². The highest BCUT2D eigenvalue weighted by molar-refractivity contribution is 7.86. The van der Waals surface area contributed by atoms with Gasteiger partial charge in [-0.1, -0.05) is 69.3 Å². The van der Waals surface area contributed by atoms with Crippen LogP contribution in [0.5, 0.6) is 17.4 Å². The van der Waals surface area contributed by atoms with Gasteiger partial charge in [0.2, 0.25) is 5.88 Å². The minimum absolute atomic E-state index is 0.0360. The Balaban J connectivity index is 1.51. The highest BCUT2D eigenvalue weighted by Crippen LogP contribution is 2.50. The molecular weight excluding hydrogens is 733 g/mol. The lowest BCUT2D eigenvalue weighted by Gasteiger charge is -2.26. The highest BCUT2D eigenvalue weighted by Gasteiger charge is 2.36. The number of pyridine rings is 1. The van der Waals surface area contributed by atoms with E-state index in [4.69, 9.17) is 4.74 Å². The molecule has 4 N–H and O–H groups in total. The summed E-state index contributed by atoms with van der Waals surface area (Å²) >= 11 is 0. The molecule has 0 saturated carbocycles. The summed E-state index contributed by atoms with van der Waals surface area (Å²) in [5.41, 5.74) is 1.65. The second kappa shape index (κ2) is 13.2. The molecule has 14 heteroatoms. The minimum Gasteiger partial charge on any atom is -0.493 e. The third-order valence-corrected chi connectivity index (χ3v) is 11.4. The quantitative estimate of drug-likeness (QED) is 0.0772. The first-order valence-electron chi connectivity index (χ1n) is 16.6. The van der Waals surface area contributed by atoms with Crippen LogP contribution >= 0.6 is 0 Å². The van der Waals surface area contributed by atoms with Gasteiger partial charge < -0.3 is 15.2 Å². The molecule has 0 aliphatic heterocycles. The molecule has 54 heavy (non-hydrogen) atoms. The highest BCUT2D eigenvalue weighted by atomic mass is 32.2. The van der Waals surface area contributed by atoms with Crippen LogP contribution in [0.4, 0.5) is 11.4 Å². The summed E-state index contributed by atoms with van der Waals surface area (Å²) in [4.78, 5) is 32.3. The van der Waals surface area contributed by atoms with Crippen molar-refractivity contribution in [1.82, 2.24) is 4.98 Å². The number of nitrogens with one attached hydrogen (secondary N) is 1. The largest absolute Gasteiger partial charge is 0.493 e. The van der Waals surface area contributed by atoms with Gasteiger partial charge in [-0.25, -0.2) is 4.98 Å². The molecule has 12 nitrogen and oxygen atoms in total. The van der Waals surface area contributed by atoms with Gasteiger partial charge in [-0.05, 0) is 71.5 Å². The number of anilines is 2. The van der Waals surface area contributed by atoms with Crippen LogP contribution in [0.3, 0.4) is 0 Å². The Morgan fingerprint density at radius 3 is 2.07 bits per heavy atom. The van der Waals surface area contributed by atoms with E-state index in [1.165, 1.54) is 42.5 Å². The van der Waals surface area contributed by atoms with E-state index < -0.39 is 42.6 Å². The van der Waals surface area contributed by atoms with Gasteiger partial charge in [-0.3, -0.25) is 18.7 Å². The van der Waals surface area contributed by atoms with Crippen molar-refractivity contribution in [3.8, 4) is 28.5 Å². The summed E-state index contributed by atoms with van der Waals surface area (Å²) in [7, 11) is -9.19. The molecule has 0 atom stereocenters. The molecule has 0 saturated heterocycles. The molecule has 6 aromatic rings. The van der Waals surface area contributed by atoms with Gasteiger partial charge in [-0.2, -0.15) is 16.8 Å². The standard InChI is InChI=1S/C40H32N2O10S2/c1-4-40(2,3)23-12-16-25(17-13-23)52-31-21-30(41-24-14-18-26(19-15-24)53(46,47)48)33-34-32(28-10-5-6-11-29(28)38(33)44)35(39(45)42-36(31)34)37(43)22-8-7-9-27(20-22)54(49,50)51/h5-21,41H,4H2,1-3H3,(H,42,45)(H,46,47,48)(H,49,50,51). The summed E-state index contributed by atoms with van der Waals surface area (Å²) in [6.07, 6.45) is 0.891. The number of benzene rings is 5. The molecule has 5 aromatic carbocycles. The monoisotopic (exact) mass is 764 g/mol. The van der Waals surface area contributed by atoms with E-state index >= 15 is 0 Å². The number of rotatable bonds is 10. The van der Waals surface area contributed by atoms with Crippen LogP contribution in [0.25, 0.3) is 22.0 Å². The predicted molar refractivity (Wildman–Crippen MR) is 201 cm³/mol. The van der Waals surface area contributed by atoms with Crippen LogP contribution < -0.4 is 10.1 Å². The molecule has 0 bridgehead atoms. The number of ether oxygens (including phenoxy) is 1. The van der Waals surface area contributed by atoms with Gasteiger partial charge in [0.15, 0.2) is 17.3 Å². The summed E-state index contributed by atoms with van der Waals surface area (Å²) in [5, 5.41) is 14.9. The maximum atomic E-state index is 14.4. The number of carbonyl (C=O) groups excluding carboxylic acids is 2. The first-order chi connectivity index (χ1) is 25.5. The first-order valence-corrected chi connectivity index (χ1v) is 19.5. The molecule has 0 spiro atoms. The number of carbonyl (C=O) groups is 2. The van der Waals surface area contributed by atoms with E-state index in [0.717, 1.165) is 24.1 Å². The Labute approximate surface area is 310 Å². The average Bonchev–Trinajstić information content (AvgIpc) is 3.14. The zero-order valence-electron chi connectivity index (χ0n) is 29.0. The second-order valence-corrected chi connectivity index (χ2v) is 16.2. The molecule has 1 aliphatic carbocycles. The number of hydrogen-bond donors (Lipinski definition) is 4. The minimum atomic E-state index is -4.69. The third kappa shape index (κ3) is 6.49. The SMILES string of the molecule is CCC(C)(C)c1ccc(Oc2cc(Nc3ccc(S(=O)(=O)O)cc3)c3c4c(c(C(=O)c5cccc(S(=O)(=O)O)c5)c(O)nc24)-c2ccccc2C3=O)cc1. The molecule has 1 aromatic heterocycles. The number of nitrogens with zero attached hydrogens (tertiary/aromatic N) is 1. The molecule has 1 heterocycles. The topological polar surface area (TPSA) is 197 Å². The van der Waals surface area contributed by atoms with Gasteiger partial charge in [0.1, 0.15) is 11.3 Å². The van der Waals surface area contributed by atoms with E-state index in [1.807, 2.05) is 12.1 Å². The molecule has 1 aliphatic rings. The number of aromatic nitrogens is 1. The third-order valence-electron chi connectivity index (χ3n) is 9.67. The normalized spacial score (nSPS) is 12.7. The Hall–Kier alpha value is -5.93. The Kier molecular flexibility index (Phi) is 8.89. The fourth-order valence-corrected chi connectivity index (χ4v) is 7.45. The van der Waals surface area contributed by atoms with E-state index in [-0.39, 0.29) is 60.5 Å². The Morgan fingerprint density at radius 2 is 1.44 bits per heavy atom. The van der Waals surface area contributed by atoms with Crippen LogP contribution in [0.15, 0.2) is 113 Å². The fourth-order valence-electron chi connectivity index (χ4n) is 6.44. The van der Waals surface area contributed by atoms with Crippen molar-refractivity contribution in [2.75, 3.05) is 5.32 Å². The Bertz CT molecular complexity index is 2760. The fraction of sp³-hybridized carbons (Fsp3) is 0.125. The lowest BCUT2D eigenvalue weighted by molar-refractivity contribution is 0.102. The van der Waals surface area contributed by atoms with E-state index in [1.54, 1.807) is 36.4 Å². The molecule has 0 amide bonds. The molecule has 0 radical (unpaired) electrons. The smallest absolute Gasteiger partial charge is 0.294 e. The average molecular weight is 765 g/mol. The van der Waals surface area contributed by atoms with E-state index in [2.05, 4.69) is 31.1 Å². The van der Waals surface area contributed by atoms with Gasteiger partial charge in [0, 0.05) is 33.8 Å². The summed E-state index contributed by atoms with van der Waals surface area (Å²) in [6, 6.07) is 25.2. The predicted octanol–water partition coefficient (Wildman–Crippen LogP) is 8.10. The van der Waals surface area contributed by atoms with Crippen LogP contribution in [-0.4, -0.2) is 47.6 Å². The Morgan fingerprint density at radius 1 is 0.796 bits per heavy atom. The van der Waals surface area contributed by atoms with Crippen LogP contribution in [0.1, 0.15) is 64.6 Å². The number of ketones is 2. The molecule has 274 valence electrons. The number of aromatic hydroxyl groups is 1. The van der Waals surface area contributed by atoms with Gasteiger partial charge in [-0.15, -0.1) is 0 Å². The van der Waals surface area contributed by atoms with E-state index in [0.29, 0.717) is 17.0 Å². The summed E-state index contributed by atoms with van der Waals surface area (Å²) in [5.74, 6) is -1.53. The van der Waals surface area contributed by atoms with Gasteiger partial charge >= 0.3 is 0 Å². The summed E-state index contributed by atoms with van der Waals surface area (Å²) in [6.45, 7) is 6.33. The lowest BCUT2D eigenvalue weighted by atomic mass is 9.80. The second-order valence-electron chi connectivity index (χ2n) is 13.4. The molecular formula is C40H32N2O10S2. The van der Waals surface area contributed by atoms with Gasteiger partial charge in [0.05, 0.1) is 26.6 Å². The molecule has 0 unspecified atom stereocenters. The van der Waals surface area contributed by atoms with Crippen molar-refractivity contribution in [3.05, 3.63) is 131 Å². The van der Waals surface area contributed by atoms with Crippen LogP contribution in [-0.2, 0) is 25.7 Å².